The summed E-state index contributed by atoms with van der Waals surface area (Å²) in [4.78, 5) is 18.9. The van der Waals surface area contributed by atoms with Gasteiger partial charge in [0.15, 0.2) is 0 Å². The lowest BCUT2D eigenvalue weighted by Crippen LogP contribution is -2.28. The second kappa shape index (κ2) is 7.23. The Hall–Kier alpha value is -2.06. The number of carbonyl (C=O) groups excluding carboxylic acids is 1. The Kier molecular flexibility index (Phi) is 5.06. The van der Waals surface area contributed by atoms with E-state index in [1.165, 1.54) is 11.3 Å². The van der Waals surface area contributed by atoms with Crippen molar-refractivity contribution in [3.05, 3.63) is 11.6 Å². The Labute approximate surface area is 145 Å². The molecule has 1 amide bonds. The quantitative estimate of drug-likeness (QED) is 0.780. The lowest BCUT2D eigenvalue weighted by atomic mass is 10.1. The van der Waals surface area contributed by atoms with Crippen LogP contribution in [0.3, 0.4) is 0 Å². The number of nitrogens with one attached hydrogen (secondary N) is 1. The molecule has 0 spiro atoms. The molecule has 1 aliphatic heterocycles. The van der Waals surface area contributed by atoms with Crippen LogP contribution >= 0.6 is 11.3 Å². The van der Waals surface area contributed by atoms with Crippen LogP contribution in [-0.2, 0) is 6.42 Å². The first-order valence-corrected chi connectivity index (χ1v) is 9.06. The van der Waals surface area contributed by atoms with Crippen molar-refractivity contribution in [1.29, 1.82) is 0 Å². The fraction of sp³-hybridized carbons (Fsp3) is 0.500. The molecule has 2 aromatic heterocycles. The predicted molar refractivity (Wildman–Crippen MR) is 97.9 cm³/mol. The Bertz CT molecular complexity index is 738. The minimum Gasteiger partial charge on any atom is -0.397 e. The lowest BCUT2D eigenvalue weighted by molar-refractivity contribution is 0.212. The average molecular weight is 349 g/mol. The van der Waals surface area contributed by atoms with Crippen LogP contribution in [0.25, 0.3) is 10.2 Å². The Morgan fingerprint density at radius 3 is 3.04 bits per heavy atom. The van der Waals surface area contributed by atoms with Gasteiger partial charge in [0.1, 0.15) is 10.6 Å². The smallest absolute Gasteiger partial charge is 0.397 e. The van der Waals surface area contributed by atoms with Crippen LogP contribution in [0, 0.1) is 0 Å². The van der Waals surface area contributed by atoms with E-state index in [1.807, 2.05) is 0 Å². The van der Waals surface area contributed by atoms with Crippen molar-refractivity contribution in [1.82, 2.24) is 10.3 Å². The van der Waals surface area contributed by atoms with E-state index in [1.54, 1.807) is 0 Å². The first-order valence-electron chi connectivity index (χ1n) is 8.25. The van der Waals surface area contributed by atoms with Gasteiger partial charge in [-0.3, -0.25) is 0 Å². The molecule has 130 valence electrons. The number of thiophene rings is 1. The maximum atomic E-state index is 11.1. The number of amides is 1. The third-order valence-electron chi connectivity index (χ3n) is 4.11. The number of pyridine rings is 1. The van der Waals surface area contributed by atoms with Crippen LogP contribution in [0.5, 0.6) is 5.06 Å². The zero-order valence-electron chi connectivity index (χ0n) is 13.8. The van der Waals surface area contributed by atoms with Gasteiger partial charge < -0.3 is 26.4 Å². The molecule has 2 aromatic rings. The van der Waals surface area contributed by atoms with Gasteiger partial charge in [0, 0.05) is 25.0 Å². The topological polar surface area (TPSA) is 106 Å². The molecule has 3 rings (SSSR count). The zero-order chi connectivity index (χ0) is 17.1. The van der Waals surface area contributed by atoms with Gasteiger partial charge >= 0.3 is 6.09 Å². The summed E-state index contributed by atoms with van der Waals surface area (Å²) in [5.74, 6) is 0.960. The number of rotatable bonds is 4. The maximum Gasteiger partial charge on any atom is 0.410 e. The van der Waals surface area contributed by atoms with Crippen LogP contribution in [0.1, 0.15) is 25.3 Å². The maximum absolute atomic E-state index is 11.1. The van der Waals surface area contributed by atoms with Crippen molar-refractivity contribution in [2.24, 2.45) is 5.73 Å². The van der Waals surface area contributed by atoms with E-state index < -0.39 is 6.09 Å². The van der Waals surface area contributed by atoms with Crippen molar-refractivity contribution >= 4 is 39.2 Å². The summed E-state index contributed by atoms with van der Waals surface area (Å²) in [6.07, 6.45) is 2.13. The first kappa shape index (κ1) is 16.8. The molecule has 0 saturated carbocycles. The van der Waals surface area contributed by atoms with E-state index in [-0.39, 0.29) is 0 Å². The minimum atomic E-state index is -0.857. The third kappa shape index (κ3) is 3.39. The van der Waals surface area contributed by atoms with Crippen molar-refractivity contribution in [3.63, 3.8) is 0 Å². The third-order valence-corrected chi connectivity index (χ3v) is 5.09. The van der Waals surface area contributed by atoms with Crippen LogP contribution in [0.4, 0.5) is 16.3 Å². The highest BCUT2D eigenvalue weighted by molar-refractivity contribution is 7.21. The number of aryl methyl sites for hydroxylation is 1. The van der Waals surface area contributed by atoms with E-state index in [9.17, 15) is 4.79 Å². The number of fused-ring (bicyclic) bond motifs is 1. The first-order chi connectivity index (χ1) is 11.6. The number of anilines is 2. The van der Waals surface area contributed by atoms with Gasteiger partial charge in [0.25, 0.3) is 0 Å². The molecule has 24 heavy (non-hydrogen) atoms. The normalized spacial score (nSPS) is 15.5. The van der Waals surface area contributed by atoms with Crippen molar-refractivity contribution in [2.75, 3.05) is 36.8 Å². The molecule has 7 nitrogen and oxygen atoms in total. The summed E-state index contributed by atoms with van der Waals surface area (Å²) in [5, 5.41) is 4.62. The van der Waals surface area contributed by atoms with Gasteiger partial charge in [-0.1, -0.05) is 24.7 Å². The number of nitrogens with zero attached hydrogens (tertiary/aromatic N) is 2. The number of hydrogen-bond donors (Lipinski definition) is 3. The minimum absolute atomic E-state index is 0.331. The molecule has 5 N–H and O–H groups in total. The van der Waals surface area contributed by atoms with Crippen molar-refractivity contribution in [3.8, 4) is 5.06 Å². The molecule has 0 unspecified atom stereocenters. The van der Waals surface area contributed by atoms with Crippen LogP contribution in [0.2, 0.25) is 0 Å². The van der Waals surface area contributed by atoms with Crippen molar-refractivity contribution < 1.29 is 9.53 Å². The second-order valence-electron chi connectivity index (χ2n) is 5.88. The van der Waals surface area contributed by atoms with Gasteiger partial charge in [-0.15, -0.1) is 0 Å². The fourth-order valence-electron chi connectivity index (χ4n) is 3.03. The summed E-state index contributed by atoms with van der Waals surface area (Å²) in [7, 11) is 0. The second-order valence-corrected chi connectivity index (χ2v) is 6.85. The zero-order valence-corrected chi connectivity index (χ0v) is 14.6. The van der Waals surface area contributed by atoms with E-state index in [0.717, 1.165) is 67.0 Å². The highest BCUT2D eigenvalue weighted by Gasteiger charge is 2.20. The van der Waals surface area contributed by atoms with Gasteiger partial charge in [0.2, 0.25) is 5.06 Å². The molecule has 1 saturated heterocycles. The predicted octanol–water partition coefficient (Wildman–Crippen LogP) is 2.09. The molecule has 0 atom stereocenters. The molecule has 1 aliphatic rings. The summed E-state index contributed by atoms with van der Waals surface area (Å²) in [6.45, 7) is 6.01. The van der Waals surface area contributed by atoms with E-state index >= 15 is 0 Å². The highest BCUT2D eigenvalue weighted by Crippen LogP contribution is 2.42. The Balaban J connectivity index is 2.06. The van der Waals surface area contributed by atoms with Crippen LogP contribution in [0.15, 0.2) is 6.07 Å². The SMILES string of the molecule is CCCc1cc(N2CCCNCC2)nc2sc(OC(N)=O)c(N)c12. The Morgan fingerprint density at radius 1 is 1.46 bits per heavy atom. The van der Waals surface area contributed by atoms with Gasteiger partial charge in [-0.25, -0.2) is 9.78 Å². The van der Waals surface area contributed by atoms with E-state index in [0.29, 0.717) is 10.8 Å². The van der Waals surface area contributed by atoms with E-state index in [4.69, 9.17) is 21.2 Å². The molecular weight excluding hydrogens is 326 g/mol. The molecule has 1 fully saturated rings. The summed E-state index contributed by atoms with van der Waals surface area (Å²) in [5.41, 5.74) is 12.9. The van der Waals surface area contributed by atoms with Crippen LogP contribution in [-0.4, -0.2) is 37.3 Å². The van der Waals surface area contributed by atoms with Crippen LogP contribution < -0.4 is 26.4 Å². The molecular formula is C16H23N5O2S. The molecule has 0 aromatic carbocycles. The molecule has 8 heteroatoms. The largest absolute Gasteiger partial charge is 0.410 e. The summed E-state index contributed by atoms with van der Waals surface area (Å²) in [6, 6.07) is 2.12. The van der Waals surface area contributed by atoms with E-state index in [2.05, 4.69) is 23.2 Å². The number of ether oxygens (including phenoxy) is 1. The van der Waals surface area contributed by atoms with Crippen molar-refractivity contribution in [2.45, 2.75) is 26.2 Å². The average Bonchev–Trinajstić information content (AvgIpc) is 2.74. The van der Waals surface area contributed by atoms with Gasteiger partial charge in [-0.2, -0.15) is 0 Å². The standard InChI is InChI=1S/C16H23N5O2S/c1-2-4-10-9-11(21-7-3-5-19-6-8-21)20-14-12(10)13(17)15(24-14)23-16(18)22/h9,19H,2-8,17H2,1H3,(H2,18,22). The highest BCUT2D eigenvalue weighted by atomic mass is 32.1. The number of primary amides is 1. The summed E-state index contributed by atoms with van der Waals surface area (Å²) >= 11 is 1.27. The fourth-order valence-corrected chi connectivity index (χ4v) is 4.03. The van der Waals surface area contributed by atoms with Gasteiger partial charge in [0.05, 0.1) is 5.69 Å². The van der Waals surface area contributed by atoms with Gasteiger partial charge in [-0.05, 0) is 31.0 Å². The molecule has 0 radical (unpaired) electrons. The number of carbonyl (C=O) groups is 1. The molecule has 0 bridgehead atoms. The Morgan fingerprint density at radius 2 is 2.29 bits per heavy atom. The monoisotopic (exact) mass is 349 g/mol. The number of nitrogens with two attached hydrogens (primary N) is 2. The summed E-state index contributed by atoms with van der Waals surface area (Å²) < 4.78 is 5.04. The number of nitrogen functional groups attached to an aromatic ring is 1. The lowest BCUT2D eigenvalue weighted by Gasteiger charge is -2.22. The molecule has 3 heterocycles. The number of aromatic nitrogens is 1. The number of hydrogen-bond acceptors (Lipinski definition) is 7. The molecule has 0 aliphatic carbocycles.